The molecule has 1 saturated heterocycles. The SMILES string of the molecule is COc1ccc(Cn2nc(OC3CCCN(C(=O)OC(C)(C)C)C3)c3c(Nc4cccc(C(=O)O)c4)ccnc32)cc1. The number of hydrogen-bond acceptors (Lipinski definition) is 8. The number of piperidine rings is 1. The first-order chi connectivity index (χ1) is 20.1. The molecule has 0 bridgehead atoms. The lowest BCUT2D eigenvalue weighted by Gasteiger charge is -2.33. The number of aromatic carboxylic acids is 1. The molecule has 2 aromatic carbocycles. The van der Waals surface area contributed by atoms with Gasteiger partial charge in [-0.25, -0.2) is 19.3 Å². The van der Waals surface area contributed by atoms with Crippen molar-refractivity contribution in [3.63, 3.8) is 0 Å². The maximum atomic E-state index is 12.8. The molecule has 4 aromatic rings. The number of rotatable bonds is 8. The maximum absolute atomic E-state index is 12.8. The zero-order valence-corrected chi connectivity index (χ0v) is 24.2. The summed E-state index contributed by atoms with van der Waals surface area (Å²) in [6, 6.07) is 16.1. The second-order valence-electron chi connectivity index (χ2n) is 11.2. The number of carbonyl (C=O) groups excluding carboxylic acids is 1. The van der Waals surface area contributed by atoms with E-state index in [9.17, 15) is 14.7 Å². The van der Waals surface area contributed by atoms with Crippen molar-refractivity contribution in [3.8, 4) is 11.6 Å². The van der Waals surface area contributed by atoms with Crippen LogP contribution in [0.1, 0.15) is 49.5 Å². The summed E-state index contributed by atoms with van der Waals surface area (Å²) in [7, 11) is 1.62. The minimum Gasteiger partial charge on any atom is -0.497 e. The Morgan fingerprint density at radius 2 is 1.90 bits per heavy atom. The first kappa shape index (κ1) is 28.7. The molecule has 2 N–H and O–H groups in total. The number of amides is 1. The number of hydrogen-bond donors (Lipinski definition) is 2. The monoisotopic (exact) mass is 573 g/mol. The van der Waals surface area contributed by atoms with Gasteiger partial charge in [-0.15, -0.1) is 5.10 Å². The van der Waals surface area contributed by atoms with Crippen molar-refractivity contribution >= 4 is 34.5 Å². The molecule has 0 radical (unpaired) electrons. The zero-order chi connectivity index (χ0) is 29.9. The first-order valence-corrected chi connectivity index (χ1v) is 13.8. The smallest absolute Gasteiger partial charge is 0.410 e. The number of nitrogens with zero attached hydrogens (tertiary/aromatic N) is 4. The van der Waals surface area contributed by atoms with E-state index in [2.05, 4.69) is 10.3 Å². The number of ether oxygens (including phenoxy) is 3. The molecular weight excluding hydrogens is 538 g/mol. The summed E-state index contributed by atoms with van der Waals surface area (Å²) in [5.41, 5.74) is 2.44. The van der Waals surface area contributed by atoms with E-state index in [1.165, 1.54) is 6.07 Å². The third kappa shape index (κ3) is 6.73. The van der Waals surface area contributed by atoms with Gasteiger partial charge in [-0.1, -0.05) is 18.2 Å². The Morgan fingerprint density at radius 3 is 2.62 bits per heavy atom. The van der Waals surface area contributed by atoms with E-state index in [4.69, 9.17) is 19.3 Å². The van der Waals surface area contributed by atoms with Gasteiger partial charge in [0.05, 0.1) is 31.5 Å². The molecule has 11 heteroatoms. The molecule has 1 amide bonds. The van der Waals surface area contributed by atoms with Crippen LogP contribution in [0.3, 0.4) is 0 Å². The van der Waals surface area contributed by atoms with Crippen molar-refractivity contribution in [2.45, 2.75) is 51.9 Å². The lowest BCUT2D eigenvalue weighted by atomic mass is 10.1. The lowest BCUT2D eigenvalue weighted by molar-refractivity contribution is 0.00732. The van der Waals surface area contributed by atoms with Crippen LogP contribution in [-0.2, 0) is 11.3 Å². The normalized spacial score (nSPS) is 15.3. The van der Waals surface area contributed by atoms with Crippen molar-refractivity contribution in [2.75, 3.05) is 25.5 Å². The molecule has 220 valence electrons. The maximum Gasteiger partial charge on any atom is 0.410 e. The van der Waals surface area contributed by atoms with Crippen LogP contribution in [0.25, 0.3) is 11.0 Å². The summed E-state index contributed by atoms with van der Waals surface area (Å²) in [6.45, 7) is 6.93. The Balaban J connectivity index is 1.48. The molecule has 1 aliphatic rings. The van der Waals surface area contributed by atoms with E-state index in [1.807, 2.05) is 45.0 Å². The van der Waals surface area contributed by atoms with Gasteiger partial charge in [0.1, 0.15) is 22.8 Å². The average molecular weight is 574 g/mol. The number of methoxy groups -OCH3 is 1. The van der Waals surface area contributed by atoms with Crippen LogP contribution >= 0.6 is 0 Å². The number of likely N-dealkylation sites (tertiary alicyclic amines) is 1. The second-order valence-corrected chi connectivity index (χ2v) is 11.2. The molecule has 1 unspecified atom stereocenters. The Kier molecular flexibility index (Phi) is 8.19. The Morgan fingerprint density at radius 1 is 1.12 bits per heavy atom. The third-order valence-corrected chi connectivity index (χ3v) is 6.79. The fourth-order valence-corrected chi connectivity index (χ4v) is 4.84. The molecule has 42 heavy (non-hydrogen) atoms. The van der Waals surface area contributed by atoms with Crippen molar-refractivity contribution in [3.05, 3.63) is 71.9 Å². The molecule has 5 rings (SSSR count). The molecule has 11 nitrogen and oxygen atoms in total. The van der Waals surface area contributed by atoms with Crippen LogP contribution < -0.4 is 14.8 Å². The van der Waals surface area contributed by atoms with Gasteiger partial charge in [0, 0.05) is 18.4 Å². The Hall–Kier alpha value is -4.80. The van der Waals surface area contributed by atoms with Crippen molar-refractivity contribution in [2.24, 2.45) is 0 Å². The number of fused-ring (bicyclic) bond motifs is 1. The third-order valence-electron chi connectivity index (χ3n) is 6.79. The number of anilines is 2. The molecule has 0 saturated carbocycles. The second kappa shape index (κ2) is 12.0. The number of carboxylic acid groups (broad SMARTS) is 1. The quantitative estimate of drug-likeness (QED) is 0.272. The fourth-order valence-electron chi connectivity index (χ4n) is 4.84. The summed E-state index contributed by atoms with van der Waals surface area (Å²) in [6.07, 6.45) is 2.51. The topological polar surface area (TPSA) is 128 Å². The van der Waals surface area contributed by atoms with Gasteiger partial charge in [-0.3, -0.25) is 0 Å². The standard InChI is InChI=1S/C31H35N5O6/c1-31(2,3)42-30(39)35-16-6-9-24(19-35)41-28-26-25(33-22-8-5-7-21(17-22)29(37)38)14-15-32-27(26)36(34-28)18-20-10-12-23(40-4)13-11-20/h5,7-8,10-15,17,24H,6,9,16,18-19H2,1-4H3,(H,32,33)(H,37,38). The van der Waals surface area contributed by atoms with Crippen molar-refractivity contribution < 1.29 is 28.9 Å². The predicted octanol–water partition coefficient (Wildman–Crippen LogP) is 5.71. The van der Waals surface area contributed by atoms with E-state index in [1.54, 1.807) is 47.2 Å². The number of carbonyl (C=O) groups is 2. The summed E-state index contributed by atoms with van der Waals surface area (Å²) < 4.78 is 19.2. The number of nitrogens with one attached hydrogen (secondary N) is 1. The highest BCUT2D eigenvalue weighted by Crippen LogP contribution is 2.35. The minimum absolute atomic E-state index is 0.168. The van der Waals surface area contributed by atoms with Crippen LogP contribution in [0.15, 0.2) is 60.8 Å². The van der Waals surface area contributed by atoms with Crippen LogP contribution in [0.4, 0.5) is 16.2 Å². The molecular formula is C31H35N5O6. The van der Waals surface area contributed by atoms with Gasteiger partial charge >= 0.3 is 12.1 Å². The molecule has 2 aromatic heterocycles. The highest BCUT2D eigenvalue weighted by Gasteiger charge is 2.30. The van der Waals surface area contributed by atoms with Gasteiger partial charge in [-0.2, -0.15) is 0 Å². The largest absolute Gasteiger partial charge is 0.497 e. The fraction of sp³-hybridized carbons (Fsp3) is 0.355. The molecule has 3 heterocycles. The molecule has 1 aliphatic heterocycles. The summed E-state index contributed by atoms with van der Waals surface area (Å²) in [4.78, 5) is 30.6. The van der Waals surface area contributed by atoms with E-state index in [0.717, 1.165) is 24.2 Å². The lowest BCUT2D eigenvalue weighted by Crippen LogP contribution is -2.46. The summed E-state index contributed by atoms with van der Waals surface area (Å²) in [5, 5.41) is 18.3. The highest BCUT2D eigenvalue weighted by molar-refractivity contribution is 5.96. The predicted molar refractivity (Wildman–Crippen MR) is 158 cm³/mol. The van der Waals surface area contributed by atoms with Crippen LogP contribution in [-0.4, -0.2) is 68.7 Å². The summed E-state index contributed by atoms with van der Waals surface area (Å²) in [5.74, 6) is 0.120. The van der Waals surface area contributed by atoms with Gasteiger partial charge in [0.25, 0.3) is 0 Å². The zero-order valence-electron chi connectivity index (χ0n) is 24.2. The van der Waals surface area contributed by atoms with Gasteiger partial charge < -0.3 is 29.5 Å². The van der Waals surface area contributed by atoms with Crippen LogP contribution in [0, 0.1) is 0 Å². The van der Waals surface area contributed by atoms with Crippen molar-refractivity contribution in [1.82, 2.24) is 19.7 Å². The number of carboxylic acids is 1. The van der Waals surface area contributed by atoms with Gasteiger partial charge in [0.15, 0.2) is 5.65 Å². The minimum atomic E-state index is -1.01. The van der Waals surface area contributed by atoms with Crippen LogP contribution in [0.2, 0.25) is 0 Å². The Labute approximate surface area is 244 Å². The van der Waals surface area contributed by atoms with Crippen molar-refractivity contribution in [1.29, 1.82) is 0 Å². The molecule has 1 fully saturated rings. The highest BCUT2D eigenvalue weighted by atomic mass is 16.6. The number of aromatic nitrogens is 3. The van der Waals surface area contributed by atoms with E-state index < -0.39 is 11.6 Å². The van der Waals surface area contributed by atoms with E-state index in [-0.39, 0.29) is 17.8 Å². The van der Waals surface area contributed by atoms with E-state index >= 15 is 0 Å². The average Bonchev–Trinajstić information content (AvgIpc) is 3.30. The van der Waals surface area contributed by atoms with E-state index in [0.29, 0.717) is 47.9 Å². The number of benzene rings is 2. The van der Waals surface area contributed by atoms with Crippen LogP contribution in [0.5, 0.6) is 11.6 Å². The van der Waals surface area contributed by atoms with Gasteiger partial charge in [0.2, 0.25) is 5.88 Å². The molecule has 0 aliphatic carbocycles. The summed E-state index contributed by atoms with van der Waals surface area (Å²) >= 11 is 0. The molecule has 0 spiro atoms. The number of pyridine rings is 1. The Bertz CT molecular complexity index is 1580. The molecule has 1 atom stereocenters. The van der Waals surface area contributed by atoms with Gasteiger partial charge in [-0.05, 0) is 75.6 Å². The first-order valence-electron chi connectivity index (χ1n) is 13.8.